The van der Waals surface area contributed by atoms with E-state index in [1.165, 1.54) is 24.5 Å². The lowest BCUT2D eigenvalue weighted by atomic mass is 10.2. The molecule has 30 heavy (non-hydrogen) atoms. The standard InChI is InChI=1S/C22H21FN4O3/c1-22(2,3)30-21(29)27-17-10-9-16(23)11-18(17)26-20(28)15-12-24-19(25-13-15)14-7-5-4-6-8-14/h4-13H,1-3H3,(H,26,28)(H,27,29). The molecule has 3 aromatic rings. The lowest BCUT2D eigenvalue weighted by Crippen LogP contribution is -2.27. The van der Waals surface area contributed by atoms with Gasteiger partial charge in [-0.3, -0.25) is 10.1 Å². The number of halogens is 1. The van der Waals surface area contributed by atoms with Crippen molar-refractivity contribution in [1.29, 1.82) is 0 Å². The van der Waals surface area contributed by atoms with E-state index in [1.54, 1.807) is 20.8 Å². The third kappa shape index (κ3) is 5.60. The highest BCUT2D eigenvalue weighted by molar-refractivity contribution is 6.06. The van der Waals surface area contributed by atoms with Crippen LogP contribution in [-0.4, -0.2) is 27.6 Å². The molecule has 0 fully saturated rings. The number of nitrogens with zero attached hydrogens (tertiary/aromatic N) is 2. The van der Waals surface area contributed by atoms with Crippen LogP contribution in [0.1, 0.15) is 31.1 Å². The van der Waals surface area contributed by atoms with Crippen molar-refractivity contribution in [2.45, 2.75) is 26.4 Å². The monoisotopic (exact) mass is 408 g/mol. The van der Waals surface area contributed by atoms with E-state index in [0.717, 1.165) is 11.6 Å². The summed E-state index contributed by atoms with van der Waals surface area (Å²) in [4.78, 5) is 33.0. The Morgan fingerprint density at radius 3 is 2.23 bits per heavy atom. The first-order valence-electron chi connectivity index (χ1n) is 9.20. The fraction of sp³-hybridized carbons (Fsp3) is 0.182. The number of amides is 2. The summed E-state index contributed by atoms with van der Waals surface area (Å²) in [5, 5.41) is 5.07. The third-order valence-corrected chi connectivity index (χ3v) is 3.81. The van der Waals surface area contributed by atoms with E-state index < -0.39 is 23.4 Å². The number of ether oxygens (including phenoxy) is 1. The predicted molar refractivity (Wildman–Crippen MR) is 112 cm³/mol. The molecule has 8 heteroatoms. The second-order valence-electron chi connectivity index (χ2n) is 7.43. The molecule has 0 aliphatic heterocycles. The second-order valence-corrected chi connectivity index (χ2v) is 7.43. The smallest absolute Gasteiger partial charge is 0.412 e. The summed E-state index contributed by atoms with van der Waals surface area (Å²) < 4.78 is 18.9. The minimum absolute atomic E-state index is 0.0815. The average molecular weight is 408 g/mol. The van der Waals surface area contributed by atoms with Crippen LogP contribution in [0.4, 0.5) is 20.6 Å². The van der Waals surface area contributed by atoms with Gasteiger partial charge in [-0.05, 0) is 39.0 Å². The number of hydrogen-bond donors (Lipinski definition) is 2. The maximum Gasteiger partial charge on any atom is 0.412 e. The molecule has 0 aliphatic rings. The molecule has 0 unspecified atom stereocenters. The van der Waals surface area contributed by atoms with Gasteiger partial charge in [-0.2, -0.15) is 0 Å². The Kier molecular flexibility index (Phi) is 6.06. The van der Waals surface area contributed by atoms with E-state index in [0.29, 0.717) is 5.82 Å². The van der Waals surface area contributed by atoms with Crippen LogP contribution in [0.15, 0.2) is 60.9 Å². The second kappa shape index (κ2) is 8.69. The first-order chi connectivity index (χ1) is 14.2. The molecule has 0 spiro atoms. The van der Waals surface area contributed by atoms with E-state index in [1.807, 2.05) is 30.3 Å². The van der Waals surface area contributed by atoms with Gasteiger partial charge in [0.1, 0.15) is 11.4 Å². The maximum atomic E-state index is 13.7. The number of benzene rings is 2. The van der Waals surface area contributed by atoms with Crippen molar-refractivity contribution in [3.8, 4) is 11.4 Å². The molecule has 2 aromatic carbocycles. The molecule has 0 saturated carbocycles. The summed E-state index contributed by atoms with van der Waals surface area (Å²) >= 11 is 0. The van der Waals surface area contributed by atoms with Crippen LogP contribution in [0.5, 0.6) is 0 Å². The third-order valence-electron chi connectivity index (χ3n) is 3.81. The van der Waals surface area contributed by atoms with Gasteiger partial charge in [0.15, 0.2) is 5.82 Å². The van der Waals surface area contributed by atoms with E-state index >= 15 is 0 Å². The summed E-state index contributed by atoms with van der Waals surface area (Å²) in [7, 11) is 0. The van der Waals surface area contributed by atoms with Crippen LogP contribution >= 0.6 is 0 Å². The first-order valence-corrected chi connectivity index (χ1v) is 9.20. The fourth-order valence-electron chi connectivity index (χ4n) is 2.52. The number of rotatable bonds is 4. The zero-order valence-electron chi connectivity index (χ0n) is 16.8. The normalized spacial score (nSPS) is 10.9. The highest BCUT2D eigenvalue weighted by Crippen LogP contribution is 2.24. The van der Waals surface area contributed by atoms with Gasteiger partial charge in [0.05, 0.1) is 16.9 Å². The highest BCUT2D eigenvalue weighted by Gasteiger charge is 2.18. The molecule has 0 radical (unpaired) electrons. The van der Waals surface area contributed by atoms with Crippen molar-refractivity contribution in [2.75, 3.05) is 10.6 Å². The minimum Gasteiger partial charge on any atom is -0.444 e. The number of aromatic nitrogens is 2. The Morgan fingerprint density at radius 1 is 0.933 bits per heavy atom. The lowest BCUT2D eigenvalue weighted by Gasteiger charge is -2.20. The summed E-state index contributed by atoms with van der Waals surface area (Å²) in [6.45, 7) is 5.16. The number of hydrogen-bond acceptors (Lipinski definition) is 5. The van der Waals surface area contributed by atoms with E-state index in [2.05, 4.69) is 20.6 Å². The van der Waals surface area contributed by atoms with Gasteiger partial charge in [-0.1, -0.05) is 30.3 Å². The Labute approximate surface area is 173 Å². The van der Waals surface area contributed by atoms with Gasteiger partial charge in [0.2, 0.25) is 0 Å². The zero-order valence-corrected chi connectivity index (χ0v) is 16.8. The van der Waals surface area contributed by atoms with Gasteiger partial charge >= 0.3 is 6.09 Å². The Bertz CT molecular complexity index is 1050. The minimum atomic E-state index is -0.722. The fourth-order valence-corrected chi connectivity index (χ4v) is 2.52. The van der Waals surface area contributed by atoms with Crippen molar-refractivity contribution in [1.82, 2.24) is 9.97 Å². The van der Waals surface area contributed by atoms with Gasteiger partial charge in [0, 0.05) is 18.0 Å². The molecule has 0 aliphatic carbocycles. The summed E-state index contributed by atoms with van der Waals surface area (Å²) in [5.41, 5.74) is 0.574. The van der Waals surface area contributed by atoms with E-state index in [4.69, 9.17) is 4.74 Å². The summed E-state index contributed by atoms with van der Waals surface area (Å²) in [6, 6.07) is 12.9. The molecule has 2 amide bonds. The predicted octanol–water partition coefficient (Wildman–Crippen LogP) is 4.88. The van der Waals surface area contributed by atoms with Crippen molar-refractivity contribution in [2.24, 2.45) is 0 Å². The van der Waals surface area contributed by atoms with E-state index in [9.17, 15) is 14.0 Å². The Morgan fingerprint density at radius 2 is 1.60 bits per heavy atom. The van der Waals surface area contributed by atoms with Gasteiger partial charge in [-0.25, -0.2) is 19.2 Å². The molecular weight excluding hydrogens is 387 g/mol. The molecular formula is C22H21FN4O3. The van der Waals surface area contributed by atoms with Crippen molar-refractivity contribution in [3.05, 3.63) is 72.3 Å². The van der Waals surface area contributed by atoms with Crippen LogP contribution in [0.3, 0.4) is 0 Å². The Hall–Kier alpha value is -3.81. The van der Waals surface area contributed by atoms with Crippen molar-refractivity contribution in [3.63, 3.8) is 0 Å². The SMILES string of the molecule is CC(C)(C)OC(=O)Nc1ccc(F)cc1NC(=O)c1cnc(-c2ccccc2)nc1. The molecule has 3 rings (SSSR count). The van der Waals surface area contributed by atoms with Crippen LogP contribution in [0.2, 0.25) is 0 Å². The van der Waals surface area contributed by atoms with E-state index in [-0.39, 0.29) is 16.9 Å². The highest BCUT2D eigenvalue weighted by atomic mass is 19.1. The van der Waals surface area contributed by atoms with Crippen LogP contribution in [-0.2, 0) is 4.74 Å². The maximum absolute atomic E-state index is 13.7. The van der Waals surface area contributed by atoms with Crippen LogP contribution < -0.4 is 10.6 Å². The molecule has 0 atom stereocenters. The molecule has 2 N–H and O–H groups in total. The topological polar surface area (TPSA) is 93.2 Å². The number of carbonyl (C=O) groups is 2. The lowest BCUT2D eigenvalue weighted by molar-refractivity contribution is 0.0635. The molecule has 0 saturated heterocycles. The molecule has 7 nitrogen and oxygen atoms in total. The van der Waals surface area contributed by atoms with Gasteiger partial charge < -0.3 is 10.1 Å². The largest absolute Gasteiger partial charge is 0.444 e. The van der Waals surface area contributed by atoms with Gasteiger partial charge in [-0.15, -0.1) is 0 Å². The van der Waals surface area contributed by atoms with Crippen LogP contribution in [0.25, 0.3) is 11.4 Å². The molecule has 154 valence electrons. The average Bonchev–Trinajstić information content (AvgIpc) is 2.69. The molecule has 1 heterocycles. The molecule has 0 bridgehead atoms. The van der Waals surface area contributed by atoms with Gasteiger partial charge in [0.25, 0.3) is 5.91 Å². The number of nitrogens with one attached hydrogen (secondary N) is 2. The van der Waals surface area contributed by atoms with Crippen molar-refractivity contribution >= 4 is 23.4 Å². The zero-order chi connectivity index (χ0) is 21.7. The number of carbonyl (C=O) groups excluding carboxylic acids is 2. The van der Waals surface area contributed by atoms with Crippen molar-refractivity contribution < 1.29 is 18.7 Å². The molecule has 1 aromatic heterocycles. The van der Waals surface area contributed by atoms with Crippen LogP contribution in [0, 0.1) is 5.82 Å². The first kappa shape index (κ1) is 20.9. The number of anilines is 2. The summed E-state index contributed by atoms with van der Waals surface area (Å²) in [6.07, 6.45) is 2.04. The quantitative estimate of drug-likeness (QED) is 0.642. The summed E-state index contributed by atoms with van der Waals surface area (Å²) in [5.74, 6) is -0.645. The Balaban J connectivity index is 1.76.